The van der Waals surface area contributed by atoms with Crippen LogP contribution < -0.4 is 0 Å². The van der Waals surface area contributed by atoms with Crippen LogP contribution in [0.15, 0.2) is 24.3 Å². The van der Waals surface area contributed by atoms with Crippen molar-refractivity contribution in [2.45, 2.75) is 25.6 Å². The van der Waals surface area contributed by atoms with E-state index >= 15 is 0 Å². The molecule has 2 atom stereocenters. The fourth-order valence-electron chi connectivity index (χ4n) is 1.64. The Morgan fingerprint density at radius 2 is 1.80 bits per heavy atom. The molecule has 0 saturated carbocycles. The standard InChI is InChI=1S/C14H18O6/c1-3-20-11(15)8-9-4-6-10(7-5-9)12(16)13(17)14(18)19-2/h4-7,12-13,16-17H,3,8H2,1-2H3. The van der Waals surface area contributed by atoms with Gasteiger partial charge in [-0.05, 0) is 18.1 Å². The van der Waals surface area contributed by atoms with Crippen LogP contribution in [0.5, 0.6) is 0 Å². The first-order chi connectivity index (χ1) is 9.49. The third-order valence-electron chi connectivity index (χ3n) is 2.72. The van der Waals surface area contributed by atoms with Gasteiger partial charge in [-0.3, -0.25) is 4.79 Å². The van der Waals surface area contributed by atoms with E-state index in [9.17, 15) is 19.8 Å². The van der Waals surface area contributed by atoms with Crippen LogP contribution in [0.25, 0.3) is 0 Å². The molecule has 0 amide bonds. The summed E-state index contributed by atoms with van der Waals surface area (Å²) in [5, 5.41) is 19.3. The van der Waals surface area contributed by atoms with E-state index in [0.717, 1.165) is 7.11 Å². The quantitative estimate of drug-likeness (QED) is 0.732. The van der Waals surface area contributed by atoms with E-state index in [2.05, 4.69) is 4.74 Å². The molecule has 0 spiro atoms. The van der Waals surface area contributed by atoms with Gasteiger partial charge in [0, 0.05) is 0 Å². The summed E-state index contributed by atoms with van der Waals surface area (Å²) in [6.45, 7) is 2.05. The molecule has 0 aliphatic heterocycles. The summed E-state index contributed by atoms with van der Waals surface area (Å²) < 4.78 is 9.17. The summed E-state index contributed by atoms with van der Waals surface area (Å²) in [5.41, 5.74) is 1.07. The molecule has 0 aliphatic carbocycles. The maximum Gasteiger partial charge on any atom is 0.337 e. The minimum Gasteiger partial charge on any atom is -0.467 e. The summed E-state index contributed by atoms with van der Waals surface area (Å²) >= 11 is 0. The molecule has 0 aromatic heterocycles. The van der Waals surface area contributed by atoms with Gasteiger partial charge in [0.2, 0.25) is 0 Å². The number of hydrogen-bond acceptors (Lipinski definition) is 6. The Balaban J connectivity index is 2.70. The lowest BCUT2D eigenvalue weighted by atomic mass is 10.0. The highest BCUT2D eigenvalue weighted by molar-refractivity contribution is 5.75. The van der Waals surface area contributed by atoms with Gasteiger partial charge < -0.3 is 19.7 Å². The zero-order valence-electron chi connectivity index (χ0n) is 11.4. The zero-order chi connectivity index (χ0) is 15.1. The van der Waals surface area contributed by atoms with Crippen molar-refractivity contribution in [3.05, 3.63) is 35.4 Å². The first-order valence-electron chi connectivity index (χ1n) is 6.18. The lowest BCUT2D eigenvalue weighted by Crippen LogP contribution is -2.29. The van der Waals surface area contributed by atoms with Crippen LogP contribution in [0, 0.1) is 0 Å². The van der Waals surface area contributed by atoms with Crippen LogP contribution in [-0.4, -0.2) is 42.0 Å². The second-order valence-electron chi connectivity index (χ2n) is 4.14. The van der Waals surface area contributed by atoms with Gasteiger partial charge >= 0.3 is 11.9 Å². The average molecular weight is 282 g/mol. The predicted octanol–water partition coefficient (Wildman–Crippen LogP) is 0.359. The monoisotopic (exact) mass is 282 g/mol. The largest absolute Gasteiger partial charge is 0.467 e. The van der Waals surface area contributed by atoms with Crippen molar-refractivity contribution in [2.75, 3.05) is 13.7 Å². The lowest BCUT2D eigenvalue weighted by Gasteiger charge is -2.16. The molecule has 1 rings (SSSR count). The Bertz CT molecular complexity index is 453. The van der Waals surface area contributed by atoms with Crippen LogP contribution in [0.4, 0.5) is 0 Å². The molecular weight excluding hydrogens is 264 g/mol. The first-order valence-corrected chi connectivity index (χ1v) is 6.18. The van der Waals surface area contributed by atoms with E-state index < -0.39 is 18.2 Å². The minimum atomic E-state index is -1.64. The summed E-state index contributed by atoms with van der Waals surface area (Å²) in [6.07, 6.45) is -2.89. The van der Waals surface area contributed by atoms with E-state index in [-0.39, 0.29) is 12.4 Å². The van der Waals surface area contributed by atoms with Crippen molar-refractivity contribution in [1.82, 2.24) is 0 Å². The Kier molecular flexibility index (Phi) is 6.14. The molecule has 6 nitrogen and oxygen atoms in total. The van der Waals surface area contributed by atoms with Crippen molar-refractivity contribution in [3.63, 3.8) is 0 Å². The number of carbonyl (C=O) groups is 2. The normalized spacial score (nSPS) is 13.4. The Morgan fingerprint density at radius 3 is 2.30 bits per heavy atom. The van der Waals surface area contributed by atoms with E-state index in [1.807, 2.05) is 0 Å². The third-order valence-corrected chi connectivity index (χ3v) is 2.72. The molecule has 1 aromatic rings. The number of ether oxygens (including phenoxy) is 2. The van der Waals surface area contributed by atoms with Crippen LogP contribution in [0.1, 0.15) is 24.2 Å². The van der Waals surface area contributed by atoms with Crippen molar-refractivity contribution >= 4 is 11.9 Å². The van der Waals surface area contributed by atoms with E-state index in [1.165, 1.54) is 12.1 Å². The molecule has 0 saturated heterocycles. The van der Waals surface area contributed by atoms with Gasteiger partial charge in [0.1, 0.15) is 6.10 Å². The molecule has 6 heteroatoms. The van der Waals surface area contributed by atoms with Crippen LogP contribution in [0.3, 0.4) is 0 Å². The maximum atomic E-state index is 11.3. The molecule has 1 aromatic carbocycles. The molecule has 0 heterocycles. The number of rotatable bonds is 6. The van der Waals surface area contributed by atoms with Gasteiger partial charge in [-0.2, -0.15) is 0 Å². The smallest absolute Gasteiger partial charge is 0.337 e. The lowest BCUT2D eigenvalue weighted by molar-refractivity contribution is -0.156. The SMILES string of the molecule is CCOC(=O)Cc1ccc(C(O)C(O)C(=O)OC)cc1. The van der Waals surface area contributed by atoms with E-state index in [0.29, 0.717) is 17.7 Å². The fourth-order valence-corrected chi connectivity index (χ4v) is 1.64. The second-order valence-corrected chi connectivity index (χ2v) is 4.14. The van der Waals surface area contributed by atoms with Crippen molar-refractivity contribution in [3.8, 4) is 0 Å². The Labute approximate surface area is 116 Å². The molecular formula is C14H18O6. The summed E-state index contributed by atoms with van der Waals surface area (Å²) in [7, 11) is 1.13. The molecule has 110 valence electrons. The number of methoxy groups -OCH3 is 1. The molecule has 0 radical (unpaired) electrons. The number of aliphatic hydroxyl groups is 2. The number of esters is 2. The molecule has 20 heavy (non-hydrogen) atoms. The van der Waals surface area contributed by atoms with Gasteiger partial charge in [-0.1, -0.05) is 24.3 Å². The van der Waals surface area contributed by atoms with Gasteiger partial charge in [0.05, 0.1) is 20.1 Å². The molecule has 0 fully saturated rings. The summed E-state index contributed by atoms with van der Waals surface area (Å²) in [5.74, 6) is -1.25. The van der Waals surface area contributed by atoms with Crippen LogP contribution in [0.2, 0.25) is 0 Å². The second kappa shape index (κ2) is 7.62. The van der Waals surface area contributed by atoms with Crippen LogP contribution in [-0.2, 0) is 25.5 Å². The Hall–Kier alpha value is -1.92. The summed E-state index contributed by atoms with van der Waals surface area (Å²) in [6, 6.07) is 6.32. The highest BCUT2D eigenvalue weighted by Gasteiger charge is 2.26. The summed E-state index contributed by atoms with van der Waals surface area (Å²) in [4.78, 5) is 22.4. The Morgan fingerprint density at radius 1 is 1.20 bits per heavy atom. The van der Waals surface area contributed by atoms with Gasteiger partial charge in [0.25, 0.3) is 0 Å². The van der Waals surface area contributed by atoms with Gasteiger partial charge in [-0.15, -0.1) is 0 Å². The van der Waals surface area contributed by atoms with Gasteiger partial charge in [0.15, 0.2) is 6.10 Å². The number of hydrogen-bond donors (Lipinski definition) is 2. The first kappa shape index (κ1) is 16.1. The highest BCUT2D eigenvalue weighted by atomic mass is 16.5. The van der Waals surface area contributed by atoms with Crippen molar-refractivity contribution < 1.29 is 29.3 Å². The molecule has 2 unspecified atom stereocenters. The topological polar surface area (TPSA) is 93.1 Å². The number of carbonyl (C=O) groups excluding carboxylic acids is 2. The number of benzene rings is 1. The van der Waals surface area contributed by atoms with E-state index in [4.69, 9.17) is 4.74 Å². The fraction of sp³-hybridized carbons (Fsp3) is 0.429. The van der Waals surface area contributed by atoms with Gasteiger partial charge in [-0.25, -0.2) is 4.79 Å². The molecule has 0 aliphatic rings. The minimum absolute atomic E-state index is 0.129. The van der Waals surface area contributed by atoms with Crippen molar-refractivity contribution in [1.29, 1.82) is 0 Å². The average Bonchev–Trinajstić information content (AvgIpc) is 2.46. The third kappa shape index (κ3) is 4.32. The molecule has 2 N–H and O–H groups in total. The highest BCUT2D eigenvalue weighted by Crippen LogP contribution is 2.18. The van der Waals surface area contributed by atoms with E-state index in [1.54, 1.807) is 19.1 Å². The molecule has 0 bridgehead atoms. The predicted molar refractivity (Wildman–Crippen MR) is 69.8 cm³/mol. The van der Waals surface area contributed by atoms with Crippen molar-refractivity contribution in [2.24, 2.45) is 0 Å². The zero-order valence-corrected chi connectivity index (χ0v) is 11.4. The maximum absolute atomic E-state index is 11.3. The van der Waals surface area contributed by atoms with Crippen LogP contribution >= 0.6 is 0 Å². The number of aliphatic hydroxyl groups excluding tert-OH is 2.